The van der Waals surface area contributed by atoms with E-state index in [1.807, 2.05) is 17.5 Å². The number of carbonyl (C=O) groups is 3. The minimum absolute atomic E-state index is 0.179. The molecule has 0 atom stereocenters. The molecule has 0 spiro atoms. The Bertz CT molecular complexity index is 686. The van der Waals surface area contributed by atoms with Crippen molar-refractivity contribution in [1.29, 1.82) is 0 Å². The first kappa shape index (κ1) is 17.6. The third kappa shape index (κ3) is 3.77. The average Bonchev–Trinajstić information content (AvgIpc) is 2.59. The summed E-state index contributed by atoms with van der Waals surface area (Å²) >= 11 is 0. The van der Waals surface area contributed by atoms with Gasteiger partial charge in [-0.2, -0.15) is 0 Å². The van der Waals surface area contributed by atoms with Crippen molar-refractivity contribution in [3.63, 3.8) is 0 Å². The largest absolute Gasteiger partial charge is 0.478 e. The number of benzene rings is 1. The number of halogens is 1. The summed E-state index contributed by atoms with van der Waals surface area (Å²) < 4.78 is 19.1. The van der Waals surface area contributed by atoms with Gasteiger partial charge in [0, 0.05) is 5.56 Å². The van der Waals surface area contributed by atoms with Gasteiger partial charge in [0.15, 0.2) is 0 Å². The van der Waals surface area contributed by atoms with E-state index >= 15 is 0 Å². The van der Waals surface area contributed by atoms with Crippen molar-refractivity contribution >= 4 is 23.4 Å². The number of ether oxygens (including phenoxy) is 1. The maximum Gasteiger partial charge on any atom is 0.355 e. The zero-order valence-electron chi connectivity index (χ0n) is 12.6. The van der Waals surface area contributed by atoms with Crippen LogP contribution < -0.4 is 5.32 Å². The maximum atomic E-state index is 13.8. The minimum atomic E-state index is -3.57. The molecule has 8 heteroatoms. The first-order valence-electron chi connectivity index (χ1n) is 7.15. The van der Waals surface area contributed by atoms with Gasteiger partial charge < -0.3 is 20.3 Å². The van der Waals surface area contributed by atoms with Gasteiger partial charge in [-0.25, -0.2) is 14.0 Å². The molecule has 0 saturated heterocycles. The molecule has 0 aromatic heterocycles. The van der Waals surface area contributed by atoms with Crippen LogP contribution in [0.5, 0.6) is 0 Å². The fraction of sp³-hybridized carbons (Fsp3) is 0.312. The highest BCUT2D eigenvalue weighted by Gasteiger charge is 2.47. The van der Waals surface area contributed by atoms with E-state index < -0.39 is 30.1 Å². The van der Waals surface area contributed by atoms with Gasteiger partial charge in [-0.15, -0.1) is 0 Å². The van der Waals surface area contributed by atoms with Crippen LogP contribution in [-0.4, -0.2) is 53.5 Å². The Hall–Kier alpha value is -2.74. The van der Waals surface area contributed by atoms with Gasteiger partial charge in [-0.05, 0) is 29.7 Å². The lowest BCUT2D eigenvalue weighted by molar-refractivity contribution is -0.166. The van der Waals surface area contributed by atoms with Gasteiger partial charge in [0.25, 0.3) is 5.91 Å². The lowest BCUT2D eigenvalue weighted by Gasteiger charge is -2.17. The van der Waals surface area contributed by atoms with Crippen LogP contribution in [0.3, 0.4) is 0 Å². The van der Waals surface area contributed by atoms with Crippen LogP contribution in [0.4, 0.5) is 4.39 Å². The first-order valence-corrected chi connectivity index (χ1v) is 7.15. The summed E-state index contributed by atoms with van der Waals surface area (Å²) in [6, 6.07) is 6.49. The van der Waals surface area contributed by atoms with E-state index in [2.05, 4.69) is 0 Å². The number of alkyl halides is 1. The number of carbonyl (C=O) groups excluding carboxylic acids is 1. The van der Waals surface area contributed by atoms with Crippen molar-refractivity contribution in [1.82, 2.24) is 5.32 Å². The SMILES string of the molecule is O=C(NCC(F)(C(=O)O)C(=O)O)c1cccc(C2=CCOCC2)c1. The Morgan fingerprint density at radius 1 is 1.25 bits per heavy atom. The minimum Gasteiger partial charge on any atom is -0.478 e. The van der Waals surface area contributed by atoms with Crippen LogP contribution in [-0.2, 0) is 14.3 Å². The van der Waals surface area contributed by atoms with Crippen LogP contribution in [0, 0.1) is 0 Å². The lowest BCUT2D eigenvalue weighted by atomic mass is 9.99. The Kier molecular flexibility index (Phi) is 5.30. The number of rotatable bonds is 6. The number of carboxylic acid groups (broad SMARTS) is 2. The highest BCUT2D eigenvalue weighted by Crippen LogP contribution is 2.22. The third-order valence-corrected chi connectivity index (χ3v) is 3.63. The molecule has 1 aliphatic heterocycles. The molecule has 7 nitrogen and oxygen atoms in total. The van der Waals surface area contributed by atoms with Gasteiger partial charge in [-0.3, -0.25) is 4.79 Å². The molecule has 0 bridgehead atoms. The van der Waals surface area contributed by atoms with Crippen LogP contribution >= 0.6 is 0 Å². The van der Waals surface area contributed by atoms with Crippen molar-refractivity contribution in [2.24, 2.45) is 0 Å². The van der Waals surface area contributed by atoms with E-state index in [0.29, 0.717) is 19.6 Å². The summed E-state index contributed by atoms with van der Waals surface area (Å²) in [5, 5.41) is 19.4. The summed E-state index contributed by atoms with van der Waals surface area (Å²) in [6.07, 6.45) is 2.58. The molecule has 1 aliphatic rings. The number of hydrogen-bond acceptors (Lipinski definition) is 4. The van der Waals surface area contributed by atoms with E-state index in [1.165, 1.54) is 6.07 Å². The fourth-order valence-electron chi connectivity index (χ4n) is 2.20. The second kappa shape index (κ2) is 7.22. The molecule has 1 amide bonds. The van der Waals surface area contributed by atoms with Crippen LogP contribution in [0.1, 0.15) is 22.3 Å². The molecule has 1 aromatic rings. The van der Waals surface area contributed by atoms with Crippen molar-refractivity contribution in [2.75, 3.05) is 19.8 Å². The number of hydrogen-bond donors (Lipinski definition) is 3. The van der Waals surface area contributed by atoms with E-state index in [0.717, 1.165) is 11.1 Å². The monoisotopic (exact) mass is 337 g/mol. The predicted octanol–water partition coefficient (Wildman–Crippen LogP) is 1.10. The zero-order chi connectivity index (χ0) is 17.7. The van der Waals surface area contributed by atoms with Gasteiger partial charge in [-0.1, -0.05) is 18.2 Å². The summed E-state index contributed by atoms with van der Waals surface area (Å²) in [5.74, 6) is -5.10. The molecule has 0 saturated carbocycles. The normalized spacial score (nSPS) is 14.6. The number of amides is 1. The molecule has 0 fully saturated rings. The van der Waals surface area contributed by atoms with Crippen LogP contribution in [0.25, 0.3) is 5.57 Å². The van der Waals surface area contributed by atoms with Crippen molar-refractivity contribution < 1.29 is 33.7 Å². The molecule has 2 rings (SSSR count). The summed E-state index contributed by atoms with van der Waals surface area (Å²) in [6.45, 7) is -0.117. The second-order valence-corrected chi connectivity index (χ2v) is 5.23. The summed E-state index contributed by atoms with van der Waals surface area (Å²) in [5.41, 5.74) is -1.59. The molecular formula is C16H16FNO6. The number of aliphatic carboxylic acids is 2. The van der Waals surface area contributed by atoms with Gasteiger partial charge in [0.1, 0.15) is 0 Å². The predicted molar refractivity (Wildman–Crippen MR) is 81.3 cm³/mol. The van der Waals surface area contributed by atoms with Gasteiger partial charge in [0.2, 0.25) is 0 Å². The molecule has 0 radical (unpaired) electrons. The maximum absolute atomic E-state index is 13.8. The standard InChI is InChI=1S/C16H16FNO6/c17-16(14(20)21,15(22)23)9-18-13(19)12-3-1-2-11(8-12)10-4-6-24-7-5-10/h1-4,8H,5-7,9H2,(H,18,19)(H,20,21)(H,22,23). The van der Waals surface area contributed by atoms with Crippen LogP contribution in [0.15, 0.2) is 30.3 Å². The second-order valence-electron chi connectivity index (χ2n) is 5.23. The Labute approximate surface area is 136 Å². The lowest BCUT2D eigenvalue weighted by Crippen LogP contribution is -2.51. The van der Waals surface area contributed by atoms with Crippen molar-refractivity contribution in [3.8, 4) is 0 Å². The van der Waals surface area contributed by atoms with E-state index in [-0.39, 0.29) is 5.56 Å². The highest BCUT2D eigenvalue weighted by molar-refractivity contribution is 6.03. The zero-order valence-corrected chi connectivity index (χ0v) is 12.6. The van der Waals surface area contributed by atoms with E-state index in [9.17, 15) is 18.8 Å². The average molecular weight is 337 g/mol. The molecule has 1 heterocycles. The molecule has 24 heavy (non-hydrogen) atoms. The number of nitrogens with one attached hydrogen (secondary N) is 1. The Morgan fingerprint density at radius 2 is 1.96 bits per heavy atom. The molecule has 128 valence electrons. The molecule has 0 unspecified atom stereocenters. The van der Waals surface area contributed by atoms with Crippen molar-refractivity contribution in [3.05, 3.63) is 41.5 Å². The molecule has 1 aromatic carbocycles. The Balaban J connectivity index is 2.11. The van der Waals surface area contributed by atoms with Crippen molar-refractivity contribution in [2.45, 2.75) is 12.1 Å². The third-order valence-electron chi connectivity index (χ3n) is 3.63. The summed E-state index contributed by atoms with van der Waals surface area (Å²) in [4.78, 5) is 33.6. The van der Waals surface area contributed by atoms with Crippen LogP contribution in [0.2, 0.25) is 0 Å². The topological polar surface area (TPSA) is 113 Å². The quantitative estimate of drug-likeness (QED) is 0.670. The molecular weight excluding hydrogens is 321 g/mol. The van der Waals surface area contributed by atoms with Gasteiger partial charge >= 0.3 is 17.6 Å². The summed E-state index contributed by atoms with van der Waals surface area (Å²) in [7, 11) is 0. The smallest absolute Gasteiger partial charge is 0.355 e. The Morgan fingerprint density at radius 3 is 2.54 bits per heavy atom. The van der Waals surface area contributed by atoms with Gasteiger partial charge in [0.05, 0.1) is 19.8 Å². The first-order chi connectivity index (χ1) is 11.3. The fourth-order valence-corrected chi connectivity index (χ4v) is 2.20. The highest BCUT2D eigenvalue weighted by atomic mass is 19.1. The molecule has 0 aliphatic carbocycles. The van der Waals surface area contributed by atoms with E-state index in [1.54, 1.807) is 12.1 Å². The number of carboxylic acids is 2. The van der Waals surface area contributed by atoms with E-state index in [4.69, 9.17) is 14.9 Å². The molecule has 3 N–H and O–H groups in total.